The smallest absolute Gasteiger partial charge is 0.225 e. The summed E-state index contributed by atoms with van der Waals surface area (Å²) in [5, 5.41) is 8.58. The van der Waals surface area contributed by atoms with E-state index in [9.17, 15) is 0 Å². The largest absolute Gasteiger partial charge is 0.494 e. The van der Waals surface area contributed by atoms with Crippen molar-refractivity contribution in [2.24, 2.45) is 0 Å². The monoisotopic (exact) mass is 377 g/mol. The van der Waals surface area contributed by atoms with Crippen LogP contribution in [0.3, 0.4) is 0 Å². The van der Waals surface area contributed by atoms with Crippen molar-refractivity contribution in [2.75, 3.05) is 26.7 Å². The van der Waals surface area contributed by atoms with E-state index in [-0.39, 0.29) is 0 Å². The van der Waals surface area contributed by atoms with Crippen LogP contribution in [0.2, 0.25) is 0 Å². The Morgan fingerprint density at radius 1 is 1.00 bits per heavy atom. The van der Waals surface area contributed by atoms with E-state index < -0.39 is 0 Å². The molecule has 144 valence electrons. The Bertz CT molecular complexity index is 869. The quantitative estimate of drug-likeness (QED) is 0.475. The predicted octanol–water partition coefficient (Wildman–Crippen LogP) is 4.75. The number of nitriles is 1. The van der Waals surface area contributed by atoms with Gasteiger partial charge in [-0.05, 0) is 62.0 Å². The van der Waals surface area contributed by atoms with Crippen LogP contribution in [-0.4, -0.2) is 36.6 Å². The first-order valence-corrected chi connectivity index (χ1v) is 9.21. The molecule has 1 heterocycles. The highest BCUT2D eigenvalue weighted by molar-refractivity contribution is 5.54. The molecule has 0 spiro atoms. The van der Waals surface area contributed by atoms with Crippen molar-refractivity contribution in [3.8, 4) is 34.8 Å². The van der Waals surface area contributed by atoms with Crippen LogP contribution in [0.5, 0.6) is 17.2 Å². The molecule has 0 unspecified atom stereocenters. The van der Waals surface area contributed by atoms with Gasteiger partial charge in [0, 0.05) is 25.1 Å². The molecule has 3 rings (SSSR count). The highest BCUT2D eigenvalue weighted by Crippen LogP contribution is 2.26. The van der Waals surface area contributed by atoms with E-state index in [4.69, 9.17) is 19.2 Å². The Balaban J connectivity index is 1.43. The second-order valence-corrected chi connectivity index (χ2v) is 6.35. The van der Waals surface area contributed by atoms with Crippen LogP contribution in [0.4, 0.5) is 0 Å². The molecule has 6 nitrogen and oxygen atoms in total. The summed E-state index contributed by atoms with van der Waals surface area (Å²) in [7, 11) is 2.02. The Labute approximate surface area is 164 Å². The van der Waals surface area contributed by atoms with Gasteiger partial charge in [0.25, 0.3) is 0 Å². The number of aromatic nitrogens is 1. The fourth-order valence-corrected chi connectivity index (χ4v) is 2.65. The highest BCUT2D eigenvalue weighted by atomic mass is 16.5. The number of hydrogen-bond donors (Lipinski definition) is 0. The summed E-state index contributed by atoms with van der Waals surface area (Å²) in [6.45, 7) is 2.34. The predicted molar refractivity (Wildman–Crippen MR) is 106 cm³/mol. The molecule has 0 radical (unpaired) electrons. The van der Waals surface area contributed by atoms with Crippen molar-refractivity contribution in [3.05, 3.63) is 61.0 Å². The number of hydrogen-bond acceptors (Lipinski definition) is 6. The molecule has 6 heteroatoms. The topological polar surface area (TPSA) is 71.5 Å². The zero-order valence-electron chi connectivity index (χ0n) is 15.9. The fourth-order valence-electron chi connectivity index (χ4n) is 2.65. The number of ether oxygens (including phenoxy) is 2. The molecule has 0 atom stereocenters. The van der Waals surface area contributed by atoms with Crippen LogP contribution in [0.1, 0.15) is 12.8 Å². The summed E-state index contributed by atoms with van der Waals surface area (Å²) in [5.41, 5.74) is 0.902. The molecular formula is C22H23N3O3. The first-order valence-electron chi connectivity index (χ1n) is 9.21. The number of nitrogens with zero attached hydrogens (tertiary/aromatic N) is 3. The normalized spacial score (nSPS) is 10.6. The van der Waals surface area contributed by atoms with E-state index in [1.165, 1.54) is 0 Å². The Morgan fingerprint density at radius 3 is 2.32 bits per heavy atom. The molecule has 0 aliphatic heterocycles. The van der Waals surface area contributed by atoms with Gasteiger partial charge in [0.2, 0.25) is 5.89 Å². The van der Waals surface area contributed by atoms with Crippen LogP contribution in [0.15, 0.2) is 65.4 Å². The molecule has 0 saturated carbocycles. The van der Waals surface area contributed by atoms with Crippen LogP contribution in [0.25, 0.3) is 11.5 Å². The van der Waals surface area contributed by atoms with Crippen molar-refractivity contribution in [1.82, 2.24) is 9.88 Å². The summed E-state index contributed by atoms with van der Waals surface area (Å²) in [6.07, 6.45) is 4.64. The lowest BCUT2D eigenvalue weighted by molar-refractivity contribution is 0.265. The summed E-state index contributed by atoms with van der Waals surface area (Å²) >= 11 is 0. The molecule has 0 fully saturated rings. The van der Waals surface area contributed by atoms with Gasteiger partial charge in [0.05, 0.1) is 18.9 Å². The van der Waals surface area contributed by atoms with E-state index in [0.29, 0.717) is 18.9 Å². The number of benzene rings is 2. The van der Waals surface area contributed by atoms with Gasteiger partial charge in [0.15, 0.2) is 0 Å². The van der Waals surface area contributed by atoms with Gasteiger partial charge in [-0.2, -0.15) is 5.26 Å². The van der Waals surface area contributed by atoms with Gasteiger partial charge in [-0.25, -0.2) is 4.98 Å². The minimum Gasteiger partial charge on any atom is -0.494 e. The summed E-state index contributed by atoms with van der Waals surface area (Å²) < 4.78 is 16.9. The number of oxazole rings is 1. The summed E-state index contributed by atoms with van der Waals surface area (Å²) in [6, 6.07) is 17.3. The van der Waals surface area contributed by atoms with Crippen molar-refractivity contribution in [1.29, 1.82) is 5.26 Å². The molecule has 3 aromatic rings. The molecule has 0 amide bonds. The first kappa shape index (κ1) is 19.5. The highest BCUT2D eigenvalue weighted by Gasteiger charge is 2.04. The standard InChI is InChI=1S/C22H23N3O3/c1-25(14-2-12-23)15-3-16-26-19-8-10-21(11-9-19)28-20-6-4-18(5-7-20)22-24-13-17-27-22/h4-11,13,17H,2-3,14-16H2,1H3. The van der Waals surface area contributed by atoms with Gasteiger partial charge in [0.1, 0.15) is 23.5 Å². The van der Waals surface area contributed by atoms with Crippen LogP contribution >= 0.6 is 0 Å². The second kappa shape index (κ2) is 10.1. The molecular weight excluding hydrogens is 354 g/mol. The zero-order valence-corrected chi connectivity index (χ0v) is 15.9. The van der Waals surface area contributed by atoms with E-state index in [1.807, 2.05) is 55.6 Å². The Kier molecular flexibility index (Phi) is 7.05. The minimum atomic E-state index is 0.557. The second-order valence-electron chi connectivity index (χ2n) is 6.35. The Hall–Kier alpha value is -3.30. The first-order chi connectivity index (χ1) is 13.7. The third-order valence-corrected chi connectivity index (χ3v) is 4.15. The van der Waals surface area contributed by atoms with Crippen LogP contribution in [0, 0.1) is 11.3 Å². The molecule has 0 aliphatic rings. The molecule has 28 heavy (non-hydrogen) atoms. The molecule has 2 aromatic carbocycles. The van der Waals surface area contributed by atoms with Crippen molar-refractivity contribution in [3.63, 3.8) is 0 Å². The number of rotatable bonds is 10. The van der Waals surface area contributed by atoms with Crippen molar-refractivity contribution in [2.45, 2.75) is 12.8 Å². The maximum absolute atomic E-state index is 8.58. The van der Waals surface area contributed by atoms with Gasteiger partial charge in [-0.3, -0.25) is 0 Å². The van der Waals surface area contributed by atoms with E-state index in [1.54, 1.807) is 12.5 Å². The third kappa shape index (κ3) is 5.86. The summed E-state index contributed by atoms with van der Waals surface area (Å²) in [4.78, 5) is 6.26. The molecule has 0 N–H and O–H groups in total. The lowest BCUT2D eigenvalue weighted by Crippen LogP contribution is -2.22. The minimum absolute atomic E-state index is 0.557. The van der Waals surface area contributed by atoms with Crippen LogP contribution < -0.4 is 9.47 Å². The Morgan fingerprint density at radius 2 is 1.68 bits per heavy atom. The van der Waals surface area contributed by atoms with Gasteiger partial charge < -0.3 is 18.8 Å². The maximum atomic E-state index is 8.58. The lowest BCUT2D eigenvalue weighted by Gasteiger charge is -2.14. The fraction of sp³-hybridized carbons (Fsp3) is 0.273. The molecule has 0 saturated heterocycles. The molecule has 1 aromatic heterocycles. The van der Waals surface area contributed by atoms with Crippen molar-refractivity contribution >= 4 is 0 Å². The van der Waals surface area contributed by atoms with E-state index >= 15 is 0 Å². The maximum Gasteiger partial charge on any atom is 0.225 e. The van der Waals surface area contributed by atoms with Gasteiger partial charge in [-0.1, -0.05) is 0 Å². The third-order valence-electron chi connectivity index (χ3n) is 4.15. The van der Waals surface area contributed by atoms with Crippen molar-refractivity contribution < 1.29 is 13.9 Å². The zero-order chi connectivity index (χ0) is 19.6. The van der Waals surface area contributed by atoms with E-state index in [0.717, 1.165) is 42.3 Å². The molecule has 0 aliphatic carbocycles. The SMILES string of the molecule is CN(CCC#N)CCCOc1ccc(Oc2ccc(-c3ncco3)cc2)cc1. The van der Waals surface area contributed by atoms with Gasteiger partial charge >= 0.3 is 0 Å². The average Bonchev–Trinajstić information content (AvgIpc) is 3.26. The molecule has 0 bridgehead atoms. The van der Waals surface area contributed by atoms with Gasteiger partial charge in [-0.15, -0.1) is 0 Å². The van der Waals surface area contributed by atoms with Crippen LogP contribution in [-0.2, 0) is 0 Å². The van der Waals surface area contributed by atoms with E-state index in [2.05, 4.69) is 16.0 Å². The summed E-state index contributed by atoms with van der Waals surface area (Å²) in [5.74, 6) is 2.88. The lowest BCUT2D eigenvalue weighted by atomic mass is 10.2. The average molecular weight is 377 g/mol.